The van der Waals surface area contributed by atoms with Gasteiger partial charge in [0.25, 0.3) is 0 Å². The Morgan fingerprint density at radius 3 is 2.62 bits per heavy atom. The van der Waals surface area contributed by atoms with Crippen molar-refractivity contribution in [1.82, 2.24) is 0 Å². The minimum absolute atomic E-state index is 0.422. The van der Waals surface area contributed by atoms with Gasteiger partial charge >= 0.3 is 0 Å². The first kappa shape index (κ1) is 9.74. The van der Waals surface area contributed by atoms with E-state index < -0.39 is 12.0 Å². The third-order valence-corrected chi connectivity index (χ3v) is 1.74. The topological polar surface area (TPSA) is 52.3 Å². The Morgan fingerprint density at radius 2 is 2.08 bits per heavy atom. The van der Waals surface area contributed by atoms with Gasteiger partial charge in [0.15, 0.2) is 0 Å². The number of primary amides is 1. The summed E-state index contributed by atoms with van der Waals surface area (Å²) >= 11 is 0. The minimum Gasteiger partial charge on any atom is -0.367 e. The van der Waals surface area contributed by atoms with Gasteiger partial charge in [0.05, 0.1) is 6.61 Å². The molecule has 0 aliphatic rings. The van der Waals surface area contributed by atoms with Gasteiger partial charge in [-0.05, 0) is 12.5 Å². The van der Waals surface area contributed by atoms with Crippen LogP contribution in [0.5, 0.6) is 0 Å². The third kappa shape index (κ3) is 3.25. The zero-order valence-corrected chi connectivity index (χ0v) is 7.57. The number of hydrogen-bond donors (Lipinski definition) is 1. The summed E-state index contributed by atoms with van der Waals surface area (Å²) in [6.45, 7) is 2.07. The Morgan fingerprint density at radius 1 is 1.46 bits per heavy atom. The predicted molar refractivity (Wildman–Crippen MR) is 49.9 cm³/mol. The second-order valence-corrected chi connectivity index (χ2v) is 2.84. The lowest BCUT2D eigenvalue weighted by Gasteiger charge is -2.08. The molecular formula is C10H13NO2. The number of rotatable bonds is 4. The largest absolute Gasteiger partial charge is 0.367 e. The first-order valence-electron chi connectivity index (χ1n) is 4.15. The molecule has 70 valence electrons. The Bertz CT molecular complexity index is 272. The monoisotopic (exact) mass is 179 g/mol. The van der Waals surface area contributed by atoms with Crippen molar-refractivity contribution in [2.45, 2.75) is 19.6 Å². The SMILES string of the molecule is C[C@H](OCc1ccccc1)C(N)=O. The Balaban J connectivity index is 2.39. The lowest BCUT2D eigenvalue weighted by atomic mass is 10.2. The van der Waals surface area contributed by atoms with Crippen molar-refractivity contribution in [1.29, 1.82) is 0 Å². The fraction of sp³-hybridized carbons (Fsp3) is 0.300. The van der Waals surface area contributed by atoms with Gasteiger partial charge < -0.3 is 10.5 Å². The Kier molecular flexibility index (Phi) is 3.46. The van der Waals surface area contributed by atoms with Gasteiger partial charge in [-0.3, -0.25) is 4.79 Å². The summed E-state index contributed by atoms with van der Waals surface area (Å²) in [7, 11) is 0. The fourth-order valence-electron chi connectivity index (χ4n) is 0.878. The first-order chi connectivity index (χ1) is 6.20. The van der Waals surface area contributed by atoms with Gasteiger partial charge in [0.1, 0.15) is 6.10 Å². The maximum atomic E-state index is 10.6. The van der Waals surface area contributed by atoms with E-state index in [1.165, 1.54) is 0 Å². The molecule has 3 heteroatoms. The number of nitrogens with two attached hydrogens (primary N) is 1. The van der Waals surface area contributed by atoms with E-state index in [2.05, 4.69) is 0 Å². The molecule has 1 aromatic rings. The van der Waals surface area contributed by atoms with Crippen molar-refractivity contribution < 1.29 is 9.53 Å². The normalized spacial score (nSPS) is 12.4. The van der Waals surface area contributed by atoms with Crippen LogP contribution in [0.4, 0.5) is 0 Å². The zero-order chi connectivity index (χ0) is 9.68. The molecule has 0 saturated carbocycles. The van der Waals surface area contributed by atoms with E-state index in [0.717, 1.165) is 5.56 Å². The summed E-state index contributed by atoms with van der Waals surface area (Å²) in [5.41, 5.74) is 6.07. The molecule has 0 aromatic heterocycles. The number of amides is 1. The molecule has 1 rings (SSSR count). The standard InChI is InChI=1S/C10H13NO2/c1-8(10(11)12)13-7-9-5-3-2-4-6-9/h2-6,8H,7H2,1H3,(H2,11,12)/t8-/m0/s1. The van der Waals surface area contributed by atoms with Crippen LogP contribution in [0.1, 0.15) is 12.5 Å². The van der Waals surface area contributed by atoms with Gasteiger partial charge in [-0.25, -0.2) is 0 Å². The van der Waals surface area contributed by atoms with Gasteiger partial charge in [-0.1, -0.05) is 30.3 Å². The zero-order valence-electron chi connectivity index (χ0n) is 7.57. The molecule has 0 unspecified atom stereocenters. The summed E-state index contributed by atoms with van der Waals surface area (Å²) in [6, 6.07) is 9.66. The molecule has 2 N–H and O–H groups in total. The third-order valence-electron chi connectivity index (χ3n) is 1.74. The van der Waals surface area contributed by atoms with Crippen LogP contribution in [0.2, 0.25) is 0 Å². The highest BCUT2D eigenvalue weighted by atomic mass is 16.5. The second kappa shape index (κ2) is 4.62. The average molecular weight is 179 g/mol. The molecule has 13 heavy (non-hydrogen) atoms. The van der Waals surface area contributed by atoms with E-state index in [1.54, 1.807) is 6.92 Å². The number of carbonyl (C=O) groups is 1. The molecule has 3 nitrogen and oxygen atoms in total. The lowest BCUT2D eigenvalue weighted by molar-refractivity contribution is -0.129. The van der Waals surface area contributed by atoms with Crippen molar-refractivity contribution in [3.05, 3.63) is 35.9 Å². The van der Waals surface area contributed by atoms with Gasteiger partial charge in [-0.15, -0.1) is 0 Å². The summed E-state index contributed by atoms with van der Waals surface area (Å²) in [5.74, 6) is -0.434. The minimum atomic E-state index is -0.528. The molecule has 0 heterocycles. The average Bonchev–Trinajstić information content (AvgIpc) is 2.15. The molecule has 1 aromatic carbocycles. The maximum absolute atomic E-state index is 10.6. The smallest absolute Gasteiger partial charge is 0.246 e. The summed E-state index contributed by atoms with van der Waals surface area (Å²) in [5, 5.41) is 0. The van der Waals surface area contributed by atoms with E-state index in [4.69, 9.17) is 10.5 Å². The van der Waals surface area contributed by atoms with Crippen LogP contribution in [0.25, 0.3) is 0 Å². The van der Waals surface area contributed by atoms with Crippen LogP contribution in [0.3, 0.4) is 0 Å². The lowest BCUT2D eigenvalue weighted by Crippen LogP contribution is -2.27. The fourth-order valence-corrected chi connectivity index (χ4v) is 0.878. The highest BCUT2D eigenvalue weighted by Gasteiger charge is 2.07. The summed E-state index contributed by atoms with van der Waals surface area (Å²) in [6.07, 6.45) is -0.528. The van der Waals surface area contributed by atoms with Crippen LogP contribution in [0, 0.1) is 0 Å². The highest BCUT2D eigenvalue weighted by Crippen LogP contribution is 2.02. The second-order valence-electron chi connectivity index (χ2n) is 2.84. The number of ether oxygens (including phenoxy) is 1. The van der Waals surface area contributed by atoms with Crippen molar-refractivity contribution in [3.63, 3.8) is 0 Å². The van der Waals surface area contributed by atoms with E-state index in [-0.39, 0.29) is 0 Å². The van der Waals surface area contributed by atoms with Crippen molar-refractivity contribution in [2.24, 2.45) is 5.73 Å². The predicted octanol–water partition coefficient (Wildman–Crippen LogP) is 1.08. The Labute approximate surface area is 77.5 Å². The first-order valence-corrected chi connectivity index (χ1v) is 4.15. The molecule has 1 amide bonds. The molecule has 0 aliphatic heterocycles. The molecule has 0 bridgehead atoms. The van der Waals surface area contributed by atoms with Crippen LogP contribution in [-0.2, 0) is 16.1 Å². The molecule has 0 radical (unpaired) electrons. The maximum Gasteiger partial charge on any atom is 0.246 e. The van der Waals surface area contributed by atoms with Crippen molar-refractivity contribution >= 4 is 5.91 Å². The molecule has 0 saturated heterocycles. The van der Waals surface area contributed by atoms with Crippen LogP contribution in [-0.4, -0.2) is 12.0 Å². The summed E-state index contributed by atoms with van der Waals surface area (Å²) in [4.78, 5) is 10.6. The van der Waals surface area contributed by atoms with Gasteiger partial charge in [0.2, 0.25) is 5.91 Å². The van der Waals surface area contributed by atoms with E-state index in [0.29, 0.717) is 6.61 Å². The van der Waals surface area contributed by atoms with Crippen molar-refractivity contribution in [2.75, 3.05) is 0 Å². The molecule has 0 aliphatic carbocycles. The molecule has 1 atom stereocenters. The summed E-state index contributed by atoms with van der Waals surface area (Å²) < 4.78 is 5.21. The van der Waals surface area contributed by atoms with Crippen LogP contribution >= 0.6 is 0 Å². The molecule has 0 spiro atoms. The quantitative estimate of drug-likeness (QED) is 0.751. The van der Waals surface area contributed by atoms with E-state index >= 15 is 0 Å². The molecular weight excluding hydrogens is 166 g/mol. The highest BCUT2D eigenvalue weighted by molar-refractivity contribution is 5.78. The number of benzene rings is 1. The number of carbonyl (C=O) groups excluding carboxylic acids is 1. The van der Waals surface area contributed by atoms with Crippen LogP contribution < -0.4 is 5.73 Å². The van der Waals surface area contributed by atoms with Crippen molar-refractivity contribution in [3.8, 4) is 0 Å². The van der Waals surface area contributed by atoms with E-state index in [9.17, 15) is 4.79 Å². The Hall–Kier alpha value is -1.35. The van der Waals surface area contributed by atoms with Gasteiger partial charge in [0, 0.05) is 0 Å². The van der Waals surface area contributed by atoms with E-state index in [1.807, 2.05) is 30.3 Å². The number of hydrogen-bond acceptors (Lipinski definition) is 2. The van der Waals surface area contributed by atoms with Gasteiger partial charge in [-0.2, -0.15) is 0 Å². The van der Waals surface area contributed by atoms with Crippen LogP contribution in [0.15, 0.2) is 30.3 Å². The molecule has 0 fully saturated rings.